The minimum absolute atomic E-state index is 0.302. The first-order valence-electron chi connectivity index (χ1n) is 13.0. The predicted molar refractivity (Wildman–Crippen MR) is 139 cm³/mol. The molecule has 0 bridgehead atoms. The molecule has 190 valence electrons. The first-order valence-corrected chi connectivity index (χ1v) is 14.4. The van der Waals surface area contributed by atoms with E-state index in [0.29, 0.717) is 30.4 Å². The normalized spacial score (nSPS) is 20.6. The van der Waals surface area contributed by atoms with Gasteiger partial charge in [0.2, 0.25) is 16.0 Å². The van der Waals surface area contributed by atoms with Gasteiger partial charge in [0.15, 0.2) is 0 Å². The van der Waals surface area contributed by atoms with Crippen molar-refractivity contribution < 1.29 is 8.42 Å². The smallest absolute Gasteiger partial charge is 0.243 e. The number of hydrogen-bond donors (Lipinski definition) is 0. The maximum absolute atomic E-state index is 13.4. The zero-order valence-corrected chi connectivity index (χ0v) is 22.1. The van der Waals surface area contributed by atoms with Crippen molar-refractivity contribution in [2.45, 2.75) is 62.9 Å². The number of fused-ring (bicyclic) bond motifs is 1. The van der Waals surface area contributed by atoms with Gasteiger partial charge in [0.05, 0.1) is 10.6 Å². The lowest BCUT2D eigenvalue weighted by Crippen LogP contribution is -2.47. The van der Waals surface area contributed by atoms with Gasteiger partial charge in [-0.2, -0.15) is 9.29 Å². The number of anilines is 2. The standard InChI is InChI=1S/C26H38N6O2S/c1-20-8-7-9-22(18-20)35(33,34)32-17-12-24-23(19-32)25(29(2)3)28-26(27-24)31-15-10-21(11-16-31)30-13-5-4-6-14-30/h7-9,18,21H,4-6,10-17,19H2,1-3H3. The van der Waals surface area contributed by atoms with E-state index < -0.39 is 10.0 Å². The average Bonchev–Trinajstić information content (AvgIpc) is 2.88. The Morgan fingerprint density at radius 2 is 1.71 bits per heavy atom. The lowest BCUT2D eigenvalue weighted by Gasteiger charge is -2.40. The molecule has 3 aliphatic heterocycles. The molecule has 5 rings (SSSR count). The summed E-state index contributed by atoms with van der Waals surface area (Å²) in [6, 6.07) is 7.81. The molecular formula is C26H38N6O2S. The van der Waals surface area contributed by atoms with Crippen LogP contribution in [0.5, 0.6) is 0 Å². The minimum Gasteiger partial charge on any atom is -0.362 e. The van der Waals surface area contributed by atoms with Crippen molar-refractivity contribution in [3.63, 3.8) is 0 Å². The second-order valence-electron chi connectivity index (χ2n) is 10.4. The van der Waals surface area contributed by atoms with Crippen LogP contribution in [0, 0.1) is 6.92 Å². The first-order chi connectivity index (χ1) is 16.8. The van der Waals surface area contributed by atoms with Crippen molar-refractivity contribution in [3.8, 4) is 0 Å². The van der Waals surface area contributed by atoms with Gasteiger partial charge in [0.25, 0.3) is 0 Å². The van der Waals surface area contributed by atoms with Crippen LogP contribution < -0.4 is 9.80 Å². The summed E-state index contributed by atoms with van der Waals surface area (Å²) in [4.78, 5) is 17.3. The van der Waals surface area contributed by atoms with E-state index in [1.807, 2.05) is 32.0 Å². The molecule has 0 spiro atoms. The highest BCUT2D eigenvalue weighted by Crippen LogP contribution is 2.32. The summed E-state index contributed by atoms with van der Waals surface area (Å²) >= 11 is 0. The van der Waals surface area contributed by atoms with E-state index in [0.717, 1.165) is 54.5 Å². The van der Waals surface area contributed by atoms with Crippen molar-refractivity contribution in [1.82, 2.24) is 19.2 Å². The molecule has 1 aromatic heterocycles. The molecule has 3 aliphatic rings. The molecule has 9 heteroatoms. The number of sulfonamides is 1. The molecule has 8 nitrogen and oxygen atoms in total. The van der Waals surface area contributed by atoms with Gasteiger partial charge in [-0.3, -0.25) is 0 Å². The van der Waals surface area contributed by atoms with Gasteiger partial charge >= 0.3 is 0 Å². The van der Waals surface area contributed by atoms with E-state index in [1.165, 1.54) is 32.4 Å². The molecule has 2 fully saturated rings. The fourth-order valence-electron chi connectivity index (χ4n) is 5.72. The van der Waals surface area contributed by atoms with E-state index in [9.17, 15) is 8.42 Å². The number of benzene rings is 1. The maximum Gasteiger partial charge on any atom is 0.243 e. The van der Waals surface area contributed by atoms with Crippen LogP contribution in [0.15, 0.2) is 29.2 Å². The van der Waals surface area contributed by atoms with Crippen molar-refractivity contribution >= 4 is 21.8 Å². The highest BCUT2D eigenvalue weighted by Gasteiger charge is 2.33. The molecular weight excluding hydrogens is 460 g/mol. The molecule has 0 unspecified atom stereocenters. The maximum atomic E-state index is 13.4. The van der Waals surface area contributed by atoms with Gasteiger partial charge in [0, 0.05) is 58.3 Å². The molecule has 0 amide bonds. The highest BCUT2D eigenvalue weighted by atomic mass is 32.2. The Morgan fingerprint density at radius 3 is 2.40 bits per heavy atom. The molecule has 0 atom stereocenters. The largest absolute Gasteiger partial charge is 0.362 e. The summed E-state index contributed by atoms with van der Waals surface area (Å²) in [5.41, 5.74) is 2.84. The van der Waals surface area contributed by atoms with E-state index in [-0.39, 0.29) is 0 Å². The lowest BCUT2D eigenvalue weighted by molar-refractivity contribution is 0.141. The Balaban J connectivity index is 1.35. The third-order valence-electron chi connectivity index (χ3n) is 7.70. The summed E-state index contributed by atoms with van der Waals surface area (Å²) in [6.07, 6.45) is 6.94. The van der Waals surface area contributed by atoms with Gasteiger partial charge in [0.1, 0.15) is 5.82 Å². The zero-order valence-electron chi connectivity index (χ0n) is 21.3. The third kappa shape index (κ3) is 5.04. The molecule has 0 saturated carbocycles. The molecule has 2 aromatic rings. The second kappa shape index (κ2) is 10.0. The summed E-state index contributed by atoms with van der Waals surface area (Å²) in [5.74, 6) is 1.62. The summed E-state index contributed by atoms with van der Waals surface area (Å²) < 4.78 is 28.3. The van der Waals surface area contributed by atoms with Crippen LogP contribution in [0.4, 0.5) is 11.8 Å². The van der Waals surface area contributed by atoms with E-state index in [1.54, 1.807) is 22.5 Å². The van der Waals surface area contributed by atoms with Crippen LogP contribution in [-0.2, 0) is 23.0 Å². The Hall–Kier alpha value is -2.23. The van der Waals surface area contributed by atoms with E-state index in [2.05, 4.69) is 9.80 Å². The zero-order chi connectivity index (χ0) is 24.6. The number of piperidine rings is 2. The molecule has 1 aromatic carbocycles. The predicted octanol–water partition coefficient (Wildman–Crippen LogP) is 3.05. The number of rotatable bonds is 5. The van der Waals surface area contributed by atoms with Crippen molar-refractivity contribution in [3.05, 3.63) is 41.1 Å². The molecule has 2 saturated heterocycles. The highest BCUT2D eigenvalue weighted by molar-refractivity contribution is 7.89. The van der Waals surface area contributed by atoms with Crippen LogP contribution in [0.25, 0.3) is 0 Å². The average molecular weight is 499 g/mol. The molecule has 0 aliphatic carbocycles. The van der Waals surface area contributed by atoms with Crippen molar-refractivity contribution in [2.24, 2.45) is 0 Å². The SMILES string of the molecule is Cc1cccc(S(=O)(=O)N2CCc3nc(N4CCC(N5CCCCC5)CC4)nc(N(C)C)c3C2)c1. The van der Waals surface area contributed by atoms with E-state index >= 15 is 0 Å². The Bertz CT molecular complexity index is 1150. The van der Waals surface area contributed by atoms with Gasteiger partial charge in [-0.05, 0) is 63.4 Å². The molecule has 4 heterocycles. The fraction of sp³-hybridized carbons (Fsp3) is 0.615. The van der Waals surface area contributed by atoms with Crippen molar-refractivity contribution in [2.75, 3.05) is 56.6 Å². The fourth-order valence-corrected chi connectivity index (χ4v) is 7.23. The Morgan fingerprint density at radius 1 is 0.971 bits per heavy atom. The van der Waals surface area contributed by atoms with Gasteiger partial charge in [-0.1, -0.05) is 18.6 Å². The summed E-state index contributed by atoms with van der Waals surface area (Å²) in [7, 11) is 0.377. The van der Waals surface area contributed by atoms with Crippen LogP contribution in [-0.4, -0.2) is 80.5 Å². The molecule has 35 heavy (non-hydrogen) atoms. The first kappa shape index (κ1) is 24.5. The van der Waals surface area contributed by atoms with E-state index in [4.69, 9.17) is 9.97 Å². The number of aryl methyl sites for hydroxylation is 1. The van der Waals surface area contributed by atoms with Crippen LogP contribution in [0.1, 0.15) is 48.9 Å². The number of hydrogen-bond acceptors (Lipinski definition) is 7. The van der Waals surface area contributed by atoms with Crippen LogP contribution >= 0.6 is 0 Å². The number of likely N-dealkylation sites (tertiary alicyclic amines) is 1. The quantitative estimate of drug-likeness (QED) is 0.627. The number of nitrogens with zero attached hydrogens (tertiary/aromatic N) is 6. The summed E-state index contributed by atoms with van der Waals surface area (Å²) in [5, 5.41) is 0. The Labute approximate surface area is 210 Å². The monoisotopic (exact) mass is 498 g/mol. The van der Waals surface area contributed by atoms with Crippen LogP contribution in [0.2, 0.25) is 0 Å². The van der Waals surface area contributed by atoms with Gasteiger partial charge < -0.3 is 14.7 Å². The topological polar surface area (TPSA) is 72.9 Å². The third-order valence-corrected chi connectivity index (χ3v) is 9.54. The van der Waals surface area contributed by atoms with Gasteiger partial charge in [-0.25, -0.2) is 13.4 Å². The van der Waals surface area contributed by atoms with Crippen LogP contribution in [0.3, 0.4) is 0 Å². The lowest BCUT2D eigenvalue weighted by atomic mass is 10.00. The summed E-state index contributed by atoms with van der Waals surface area (Å²) in [6.45, 7) is 7.08. The minimum atomic E-state index is -3.57. The van der Waals surface area contributed by atoms with Gasteiger partial charge in [-0.15, -0.1) is 0 Å². The number of aromatic nitrogens is 2. The Kier molecular flexibility index (Phi) is 7.01. The molecule has 0 radical (unpaired) electrons. The van der Waals surface area contributed by atoms with Crippen molar-refractivity contribution in [1.29, 1.82) is 0 Å². The molecule has 0 N–H and O–H groups in total. The second-order valence-corrected chi connectivity index (χ2v) is 12.3.